The van der Waals surface area contributed by atoms with E-state index in [2.05, 4.69) is 22.1 Å². The molecule has 152 valence electrons. The van der Waals surface area contributed by atoms with Crippen LogP contribution in [0.25, 0.3) is 0 Å². The van der Waals surface area contributed by atoms with Crippen LogP contribution < -0.4 is 10.1 Å². The average molecular weight is 491 g/mol. The highest BCUT2D eigenvalue weighted by Gasteiger charge is 2.36. The lowest BCUT2D eigenvalue weighted by molar-refractivity contribution is -0.145. The van der Waals surface area contributed by atoms with E-state index in [4.69, 9.17) is 14.2 Å². The molecule has 7 nitrogen and oxygen atoms in total. The maximum Gasteiger partial charge on any atom is 0.310 e. The maximum absolute atomic E-state index is 11.9. The van der Waals surface area contributed by atoms with Crippen molar-refractivity contribution in [2.24, 2.45) is 16.8 Å². The van der Waals surface area contributed by atoms with Gasteiger partial charge in [0.1, 0.15) is 12.4 Å². The Bertz CT molecular complexity index is 609. The predicted octanol–water partition coefficient (Wildman–Crippen LogP) is 2.15. The molecule has 0 amide bonds. The summed E-state index contributed by atoms with van der Waals surface area (Å²) in [7, 11) is 4.85. The zero-order chi connectivity index (χ0) is 18.9. The van der Waals surface area contributed by atoms with E-state index in [9.17, 15) is 4.79 Å². The molecule has 2 atom stereocenters. The lowest BCUT2D eigenvalue weighted by Gasteiger charge is -2.21. The second kappa shape index (κ2) is 12.0. The van der Waals surface area contributed by atoms with Gasteiger partial charge in [-0.1, -0.05) is 19.1 Å². The monoisotopic (exact) mass is 491 g/mol. The second-order valence-electron chi connectivity index (χ2n) is 6.40. The summed E-state index contributed by atoms with van der Waals surface area (Å²) in [6, 6.07) is 7.93. The fraction of sp³-hybridized carbons (Fsp3) is 0.579. The van der Waals surface area contributed by atoms with Crippen LogP contribution in [0.5, 0.6) is 5.75 Å². The molecule has 1 fully saturated rings. The van der Waals surface area contributed by atoms with Gasteiger partial charge in [0.2, 0.25) is 0 Å². The number of ether oxygens (including phenoxy) is 3. The Labute approximate surface area is 178 Å². The highest BCUT2D eigenvalue weighted by Crippen LogP contribution is 2.24. The maximum atomic E-state index is 11.9. The zero-order valence-corrected chi connectivity index (χ0v) is 18.8. The molecule has 0 aromatic heterocycles. The first kappa shape index (κ1) is 23.5. The van der Waals surface area contributed by atoms with Crippen molar-refractivity contribution in [1.82, 2.24) is 10.2 Å². The third kappa shape index (κ3) is 6.84. The summed E-state index contributed by atoms with van der Waals surface area (Å²) < 4.78 is 15.4. The highest BCUT2D eigenvalue weighted by atomic mass is 127. The van der Waals surface area contributed by atoms with Gasteiger partial charge in [-0.2, -0.15) is 0 Å². The van der Waals surface area contributed by atoms with Gasteiger partial charge < -0.3 is 24.4 Å². The van der Waals surface area contributed by atoms with E-state index >= 15 is 0 Å². The first-order chi connectivity index (χ1) is 12.6. The van der Waals surface area contributed by atoms with E-state index in [1.165, 1.54) is 7.11 Å². The van der Waals surface area contributed by atoms with Crippen molar-refractivity contribution < 1.29 is 19.0 Å². The molecule has 0 bridgehead atoms. The first-order valence-electron chi connectivity index (χ1n) is 8.83. The minimum absolute atomic E-state index is 0. The fourth-order valence-corrected chi connectivity index (χ4v) is 3.06. The van der Waals surface area contributed by atoms with Crippen LogP contribution in [0.15, 0.2) is 29.3 Å². The van der Waals surface area contributed by atoms with E-state index in [1.54, 1.807) is 14.2 Å². The van der Waals surface area contributed by atoms with Crippen LogP contribution in [0, 0.1) is 11.8 Å². The Kier molecular flexibility index (Phi) is 10.5. The third-order valence-electron chi connectivity index (χ3n) is 4.56. The van der Waals surface area contributed by atoms with Gasteiger partial charge >= 0.3 is 5.97 Å². The summed E-state index contributed by atoms with van der Waals surface area (Å²) in [5.74, 6) is 1.60. The molecule has 1 aliphatic rings. The molecule has 0 radical (unpaired) electrons. The number of carbonyl (C=O) groups excluding carboxylic acids is 1. The van der Waals surface area contributed by atoms with Crippen LogP contribution >= 0.6 is 24.0 Å². The van der Waals surface area contributed by atoms with Gasteiger partial charge in [0.15, 0.2) is 5.96 Å². The van der Waals surface area contributed by atoms with Gasteiger partial charge in [0.05, 0.1) is 19.6 Å². The highest BCUT2D eigenvalue weighted by molar-refractivity contribution is 14.0. The standard InChI is InChI=1S/C19H29N3O4.HI/c1-14-12-22(13-17(14)18(23)25-4)19(20-2)21-11-15-5-7-16(8-6-15)26-10-9-24-3;/h5-8,14,17H,9-13H2,1-4H3,(H,20,21);1H. The molecule has 27 heavy (non-hydrogen) atoms. The van der Waals surface area contributed by atoms with Crippen molar-refractivity contribution in [2.75, 3.05) is 47.6 Å². The molecule has 1 aliphatic heterocycles. The van der Waals surface area contributed by atoms with Gasteiger partial charge in [-0.15, -0.1) is 24.0 Å². The van der Waals surface area contributed by atoms with E-state index in [0.717, 1.165) is 23.8 Å². The van der Waals surface area contributed by atoms with Crippen molar-refractivity contribution in [2.45, 2.75) is 13.5 Å². The molecule has 0 saturated carbocycles. The number of nitrogens with one attached hydrogen (secondary N) is 1. The Morgan fingerprint density at radius 1 is 1.22 bits per heavy atom. The number of hydrogen-bond donors (Lipinski definition) is 1. The van der Waals surface area contributed by atoms with Crippen LogP contribution in [0.3, 0.4) is 0 Å². The zero-order valence-electron chi connectivity index (χ0n) is 16.4. The number of guanidine groups is 1. The van der Waals surface area contributed by atoms with Crippen LogP contribution in [0.4, 0.5) is 0 Å². The lowest BCUT2D eigenvalue weighted by atomic mass is 9.99. The normalized spacial score (nSPS) is 19.4. The van der Waals surface area contributed by atoms with Crippen molar-refractivity contribution in [3.05, 3.63) is 29.8 Å². The topological polar surface area (TPSA) is 72.4 Å². The van der Waals surface area contributed by atoms with Gasteiger partial charge in [-0.25, -0.2) is 0 Å². The Balaban J connectivity index is 0.00000364. The SMILES string of the molecule is CN=C(NCc1ccc(OCCOC)cc1)N1CC(C)C(C(=O)OC)C1.I. The van der Waals surface area contributed by atoms with Crippen LogP contribution in [-0.4, -0.2) is 64.4 Å². The van der Waals surface area contributed by atoms with E-state index in [-0.39, 0.29) is 41.8 Å². The number of carbonyl (C=O) groups is 1. The van der Waals surface area contributed by atoms with Crippen molar-refractivity contribution in [1.29, 1.82) is 0 Å². The van der Waals surface area contributed by atoms with Crippen LogP contribution in [0.2, 0.25) is 0 Å². The smallest absolute Gasteiger partial charge is 0.310 e. The number of nitrogens with zero attached hydrogens (tertiary/aromatic N) is 2. The van der Waals surface area contributed by atoms with Crippen LogP contribution in [-0.2, 0) is 20.8 Å². The summed E-state index contributed by atoms with van der Waals surface area (Å²) >= 11 is 0. The second-order valence-corrected chi connectivity index (χ2v) is 6.40. The van der Waals surface area contributed by atoms with Crippen molar-refractivity contribution >= 4 is 35.9 Å². The molecule has 0 aliphatic carbocycles. The van der Waals surface area contributed by atoms with E-state index < -0.39 is 0 Å². The number of esters is 1. The summed E-state index contributed by atoms with van der Waals surface area (Å²) in [4.78, 5) is 18.3. The number of aliphatic imine (C=N–C) groups is 1. The Morgan fingerprint density at radius 2 is 1.93 bits per heavy atom. The summed E-state index contributed by atoms with van der Waals surface area (Å²) in [5, 5.41) is 3.36. The summed E-state index contributed by atoms with van der Waals surface area (Å²) in [6.45, 7) is 5.23. The number of methoxy groups -OCH3 is 2. The quantitative estimate of drug-likeness (QED) is 0.207. The molecule has 1 aromatic rings. The minimum atomic E-state index is -0.153. The summed E-state index contributed by atoms with van der Waals surface area (Å²) in [6.07, 6.45) is 0. The van der Waals surface area contributed by atoms with Gasteiger partial charge in [-0.05, 0) is 23.6 Å². The number of rotatable bonds is 7. The number of likely N-dealkylation sites (tertiary alicyclic amines) is 1. The minimum Gasteiger partial charge on any atom is -0.491 e. The van der Waals surface area contributed by atoms with E-state index in [1.807, 2.05) is 24.3 Å². The fourth-order valence-electron chi connectivity index (χ4n) is 3.06. The molecular weight excluding hydrogens is 461 g/mol. The molecule has 2 unspecified atom stereocenters. The lowest BCUT2D eigenvalue weighted by Crippen LogP contribution is -2.40. The van der Waals surface area contributed by atoms with Crippen molar-refractivity contribution in [3.63, 3.8) is 0 Å². The molecule has 1 heterocycles. The van der Waals surface area contributed by atoms with Gasteiger partial charge in [0.25, 0.3) is 0 Å². The van der Waals surface area contributed by atoms with Gasteiger partial charge in [0, 0.05) is 33.8 Å². The molecule has 0 spiro atoms. The largest absolute Gasteiger partial charge is 0.491 e. The molecule has 1 saturated heterocycles. The number of halogens is 1. The number of benzene rings is 1. The molecular formula is C19H30IN3O4. The molecule has 2 rings (SSSR count). The average Bonchev–Trinajstić information content (AvgIpc) is 3.04. The third-order valence-corrected chi connectivity index (χ3v) is 4.56. The van der Waals surface area contributed by atoms with Gasteiger partial charge in [-0.3, -0.25) is 9.79 Å². The molecule has 1 N–H and O–H groups in total. The van der Waals surface area contributed by atoms with E-state index in [0.29, 0.717) is 26.3 Å². The predicted molar refractivity (Wildman–Crippen MR) is 116 cm³/mol. The Morgan fingerprint density at radius 3 is 2.52 bits per heavy atom. The Hall–Kier alpha value is -1.55. The van der Waals surface area contributed by atoms with Crippen LogP contribution in [0.1, 0.15) is 12.5 Å². The summed E-state index contributed by atoms with van der Waals surface area (Å²) in [5.41, 5.74) is 1.13. The molecule has 1 aromatic carbocycles. The number of hydrogen-bond acceptors (Lipinski definition) is 5. The molecule has 8 heteroatoms. The first-order valence-corrected chi connectivity index (χ1v) is 8.83. The van der Waals surface area contributed by atoms with Crippen molar-refractivity contribution in [3.8, 4) is 5.75 Å².